The van der Waals surface area contributed by atoms with Gasteiger partial charge in [0.25, 0.3) is 11.6 Å². The summed E-state index contributed by atoms with van der Waals surface area (Å²) in [7, 11) is 0. The van der Waals surface area contributed by atoms with Gasteiger partial charge in [-0.1, -0.05) is 18.2 Å². The maximum atomic E-state index is 12.9. The molecule has 0 saturated carbocycles. The number of urea groups is 1. The first-order valence-corrected chi connectivity index (χ1v) is 8.64. The number of halogens is 2. The zero-order valence-electron chi connectivity index (χ0n) is 15.5. The molecule has 156 valence electrons. The van der Waals surface area contributed by atoms with Gasteiger partial charge in [0.1, 0.15) is 5.75 Å². The van der Waals surface area contributed by atoms with Crippen LogP contribution in [0.25, 0.3) is 0 Å². The number of carbonyl (C=O) groups excluding carboxylic acids is 2. The van der Waals surface area contributed by atoms with E-state index in [9.17, 15) is 28.5 Å². The van der Waals surface area contributed by atoms with Crippen molar-refractivity contribution in [2.24, 2.45) is 0 Å². The fourth-order valence-corrected chi connectivity index (χ4v) is 3.02. The van der Waals surface area contributed by atoms with Gasteiger partial charge in [-0.15, -0.1) is 0 Å². The quantitative estimate of drug-likeness (QED) is 0.490. The Kier molecular flexibility index (Phi) is 5.90. The average Bonchev–Trinajstić information content (AvgIpc) is 2.67. The summed E-state index contributed by atoms with van der Waals surface area (Å²) in [5.74, 6) is -0.821. The summed E-state index contributed by atoms with van der Waals surface area (Å²) >= 11 is 0. The predicted molar refractivity (Wildman–Crippen MR) is 102 cm³/mol. The summed E-state index contributed by atoms with van der Waals surface area (Å²) in [6.45, 7) is -1.60. The summed E-state index contributed by atoms with van der Waals surface area (Å²) in [5, 5.41) is 18.3. The minimum atomic E-state index is -3.09. The number of nitrogens with one attached hydrogen (secondary N) is 3. The minimum absolute atomic E-state index is 0.0678. The van der Waals surface area contributed by atoms with E-state index in [2.05, 4.69) is 20.7 Å². The Labute approximate surface area is 168 Å². The monoisotopic (exact) mass is 418 g/mol. The molecule has 0 spiro atoms. The number of amides is 3. The first-order valence-electron chi connectivity index (χ1n) is 8.64. The van der Waals surface area contributed by atoms with Crippen molar-refractivity contribution < 1.29 is 28.0 Å². The highest BCUT2D eigenvalue weighted by Crippen LogP contribution is 2.34. The number of nitro benzene ring substituents is 1. The second-order valence-corrected chi connectivity index (χ2v) is 6.24. The second kappa shape index (κ2) is 8.55. The highest BCUT2D eigenvalue weighted by atomic mass is 19.3. The molecule has 2 aromatic carbocycles. The molecule has 3 amide bonds. The predicted octanol–water partition coefficient (Wildman–Crippen LogP) is 3.46. The standard InChI is InChI=1S/C19H16F2N4O5/c1-10-15(17(26)23-11-6-8-12(9-7-11)25(28)29)16(24-19(27)22-10)13-4-2-3-5-14(13)30-18(20)21/h2-9,16,18H,1H3,(H,23,26)(H2,22,24,27)/t16-/m1/s1. The molecule has 0 aromatic heterocycles. The van der Waals surface area contributed by atoms with Crippen molar-refractivity contribution in [3.05, 3.63) is 75.5 Å². The van der Waals surface area contributed by atoms with Crippen LogP contribution in [0.4, 0.5) is 25.0 Å². The molecule has 0 bridgehead atoms. The van der Waals surface area contributed by atoms with Gasteiger partial charge in [-0.25, -0.2) is 4.79 Å². The molecule has 11 heteroatoms. The fourth-order valence-electron chi connectivity index (χ4n) is 3.02. The van der Waals surface area contributed by atoms with E-state index in [4.69, 9.17) is 0 Å². The Bertz CT molecular complexity index is 1020. The Morgan fingerprint density at radius 1 is 1.20 bits per heavy atom. The lowest BCUT2D eigenvalue weighted by atomic mass is 9.94. The number of non-ortho nitro benzene ring substituents is 1. The number of carbonyl (C=O) groups is 2. The van der Waals surface area contributed by atoms with Crippen LogP contribution >= 0.6 is 0 Å². The molecule has 3 rings (SSSR count). The number of nitrogens with zero attached hydrogens (tertiary/aromatic N) is 1. The van der Waals surface area contributed by atoms with E-state index in [1.807, 2.05) is 0 Å². The normalized spacial score (nSPS) is 16.0. The number of rotatable bonds is 6. The van der Waals surface area contributed by atoms with Crippen molar-refractivity contribution >= 4 is 23.3 Å². The number of para-hydroxylation sites is 1. The first kappa shape index (κ1) is 20.7. The fraction of sp³-hybridized carbons (Fsp3) is 0.158. The van der Waals surface area contributed by atoms with E-state index >= 15 is 0 Å². The summed E-state index contributed by atoms with van der Waals surface area (Å²) in [5.41, 5.74) is 0.582. The number of nitro groups is 1. The number of benzene rings is 2. The molecule has 0 fully saturated rings. The van der Waals surface area contributed by atoms with Crippen molar-refractivity contribution in [1.29, 1.82) is 0 Å². The molecule has 0 radical (unpaired) electrons. The molecular formula is C19H16F2N4O5. The van der Waals surface area contributed by atoms with Crippen LogP contribution < -0.4 is 20.7 Å². The molecule has 2 aromatic rings. The van der Waals surface area contributed by atoms with Crippen LogP contribution in [0.2, 0.25) is 0 Å². The molecule has 1 aliphatic heterocycles. The van der Waals surface area contributed by atoms with E-state index in [1.54, 1.807) is 6.07 Å². The average molecular weight is 418 g/mol. The van der Waals surface area contributed by atoms with Gasteiger partial charge < -0.3 is 20.7 Å². The Morgan fingerprint density at radius 2 is 1.87 bits per heavy atom. The molecule has 30 heavy (non-hydrogen) atoms. The van der Waals surface area contributed by atoms with E-state index in [0.29, 0.717) is 0 Å². The van der Waals surface area contributed by atoms with Crippen LogP contribution in [0.15, 0.2) is 59.8 Å². The van der Waals surface area contributed by atoms with Crippen LogP contribution in [0.3, 0.4) is 0 Å². The smallest absolute Gasteiger partial charge is 0.387 e. The van der Waals surface area contributed by atoms with Gasteiger partial charge in [0.05, 0.1) is 16.5 Å². The number of alkyl halides is 2. The van der Waals surface area contributed by atoms with Gasteiger partial charge in [0, 0.05) is 29.1 Å². The second-order valence-electron chi connectivity index (χ2n) is 6.24. The maximum Gasteiger partial charge on any atom is 0.387 e. The molecule has 1 atom stereocenters. The van der Waals surface area contributed by atoms with Crippen molar-refractivity contribution in [3.63, 3.8) is 0 Å². The Balaban J connectivity index is 1.94. The van der Waals surface area contributed by atoms with Crippen LogP contribution in [0.5, 0.6) is 5.75 Å². The number of hydrogen-bond donors (Lipinski definition) is 3. The third-order valence-electron chi connectivity index (χ3n) is 4.30. The molecule has 0 unspecified atom stereocenters. The van der Waals surface area contributed by atoms with Crippen LogP contribution in [-0.2, 0) is 4.79 Å². The minimum Gasteiger partial charge on any atom is -0.434 e. The van der Waals surface area contributed by atoms with Crippen LogP contribution in [-0.4, -0.2) is 23.5 Å². The third-order valence-corrected chi connectivity index (χ3v) is 4.30. The SMILES string of the molecule is CC1=C(C(=O)Nc2ccc([N+](=O)[O-])cc2)[C@@H](c2ccccc2OC(F)F)NC(=O)N1. The molecule has 3 N–H and O–H groups in total. The molecule has 0 saturated heterocycles. The van der Waals surface area contributed by atoms with Gasteiger partial charge in [-0.3, -0.25) is 14.9 Å². The maximum absolute atomic E-state index is 12.9. The van der Waals surface area contributed by atoms with Gasteiger partial charge in [-0.05, 0) is 25.1 Å². The van der Waals surface area contributed by atoms with Gasteiger partial charge in [0.15, 0.2) is 0 Å². The zero-order chi connectivity index (χ0) is 21.8. The number of hydrogen-bond acceptors (Lipinski definition) is 5. The van der Waals surface area contributed by atoms with Crippen molar-refractivity contribution in [1.82, 2.24) is 10.6 Å². The van der Waals surface area contributed by atoms with Crippen molar-refractivity contribution in [3.8, 4) is 5.75 Å². The van der Waals surface area contributed by atoms with E-state index < -0.39 is 29.5 Å². The van der Waals surface area contributed by atoms with E-state index in [0.717, 1.165) is 0 Å². The zero-order valence-corrected chi connectivity index (χ0v) is 15.5. The summed E-state index contributed by atoms with van der Waals surface area (Å²) < 4.78 is 30.1. The largest absolute Gasteiger partial charge is 0.434 e. The summed E-state index contributed by atoms with van der Waals surface area (Å²) in [6, 6.07) is 9.27. The molecule has 0 aliphatic carbocycles. The topological polar surface area (TPSA) is 123 Å². The molecule has 9 nitrogen and oxygen atoms in total. The Hall–Kier alpha value is -4.02. The lowest BCUT2D eigenvalue weighted by Gasteiger charge is -2.29. The third kappa shape index (κ3) is 4.51. The van der Waals surface area contributed by atoms with Crippen LogP contribution in [0.1, 0.15) is 18.5 Å². The van der Waals surface area contributed by atoms with Gasteiger partial charge in [0.2, 0.25) is 0 Å². The molecular weight excluding hydrogens is 402 g/mol. The number of allylic oxidation sites excluding steroid dienone is 1. The molecule has 1 aliphatic rings. The first-order chi connectivity index (χ1) is 14.3. The van der Waals surface area contributed by atoms with Gasteiger partial charge in [-0.2, -0.15) is 8.78 Å². The highest BCUT2D eigenvalue weighted by Gasteiger charge is 2.33. The lowest BCUT2D eigenvalue weighted by Crippen LogP contribution is -2.46. The van der Waals surface area contributed by atoms with Crippen molar-refractivity contribution in [2.75, 3.05) is 5.32 Å². The summed E-state index contributed by atoms with van der Waals surface area (Å²) in [6.07, 6.45) is 0. The van der Waals surface area contributed by atoms with Crippen LogP contribution in [0, 0.1) is 10.1 Å². The number of ether oxygens (including phenoxy) is 1. The van der Waals surface area contributed by atoms with Crippen molar-refractivity contribution in [2.45, 2.75) is 19.6 Å². The summed E-state index contributed by atoms with van der Waals surface area (Å²) in [4.78, 5) is 35.1. The lowest BCUT2D eigenvalue weighted by molar-refractivity contribution is -0.384. The van der Waals surface area contributed by atoms with Gasteiger partial charge >= 0.3 is 12.6 Å². The molecule has 1 heterocycles. The van der Waals surface area contributed by atoms with E-state index in [-0.39, 0.29) is 34.0 Å². The number of anilines is 1. The highest BCUT2D eigenvalue weighted by molar-refractivity contribution is 6.06. The Morgan fingerprint density at radius 3 is 2.50 bits per heavy atom. The van der Waals surface area contributed by atoms with E-state index in [1.165, 1.54) is 49.4 Å².